The van der Waals surface area contributed by atoms with Crippen molar-refractivity contribution in [1.82, 2.24) is 0 Å². The second kappa shape index (κ2) is 6.52. The maximum atomic E-state index is 9.99. The molecular formula is C14H28O2Si. The number of allylic oxidation sites excluding steroid dienone is 2. The van der Waals surface area contributed by atoms with Crippen LogP contribution >= 0.6 is 0 Å². The van der Waals surface area contributed by atoms with E-state index in [9.17, 15) is 5.11 Å². The first-order valence-corrected chi connectivity index (χ1v) is 9.16. The molecule has 0 amide bonds. The summed E-state index contributed by atoms with van der Waals surface area (Å²) in [5.41, 5.74) is 0. The quantitative estimate of drug-likeness (QED) is 0.577. The molecule has 100 valence electrons. The predicted octanol–water partition coefficient (Wildman–Crippen LogP) is 3.89. The first-order chi connectivity index (χ1) is 7.62. The molecule has 0 saturated carbocycles. The fraction of sp³-hybridized carbons (Fsp3) is 0.714. The Kier molecular flexibility index (Phi) is 6.38. The van der Waals surface area contributed by atoms with Gasteiger partial charge in [0, 0.05) is 0 Å². The van der Waals surface area contributed by atoms with Crippen molar-refractivity contribution < 1.29 is 9.53 Å². The van der Waals surface area contributed by atoms with Gasteiger partial charge in [0.05, 0.1) is 12.2 Å². The van der Waals surface area contributed by atoms with Crippen molar-refractivity contribution in [2.45, 2.75) is 64.5 Å². The van der Waals surface area contributed by atoms with Crippen molar-refractivity contribution in [3.05, 3.63) is 24.8 Å². The molecule has 0 rings (SSSR count). The van der Waals surface area contributed by atoms with E-state index in [-0.39, 0.29) is 11.1 Å². The normalized spacial score (nSPS) is 17.1. The zero-order valence-corrected chi connectivity index (χ0v) is 13.2. The molecule has 2 atom stereocenters. The monoisotopic (exact) mass is 256 g/mol. The van der Waals surface area contributed by atoms with E-state index in [1.165, 1.54) is 0 Å². The van der Waals surface area contributed by atoms with Gasteiger partial charge in [0.25, 0.3) is 0 Å². The predicted molar refractivity (Wildman–Crippen MR) is 77.7 cm³/mol. The average molecular weight is 256 g/mol. The minimum Gasteiger partial charge on any atom is -0.412 e. The molecule has 0 fully saturated rings. The lowest BCUT2D eigenvalue weighted by molar-refractivity contribution is 0.0409. The highest BCUT2D eigenvalue weighted by molar-refractivity contribution is 6.74. The summed E-state index contributed by atoms with van der Waals surface area (Å²) in [5, 5.41) is 10.2. The first kappa shape index (κ1) is 16.6. The molecule has 0 aromatic heterocycles. The van der Waals surface area contributed by atoms with E-state index in [0.717, 1.165) is 0 Å². The van der Waals surface area contributed by atoms with E-state index in [1.54, 1.807) is 6.08 Å². The van der Waals surface area contributed by atoms with E-state index in [4.69, 9.17) is 4.43 Å². The highest BCUT2D eigenvalue weighted by Crippen LogP contribution is 2.37. The topological polar surface area (TPSA) is 29.5 Å². The van der Waals surface area contributed by atoms with Crippen LogP contribution in [0.15, 0.2) is 24.8 Å². The SMILES string of the molecule is C=C/C=C/C[C@H](O)[C@@H](C)O[Si](C)(C)C(C)(C)C. The van der Waals surface area contributed by atoms with Gasteiger partial charge in [0.15, 0.2) is 8.32 Å². The van der Waals surface area contributed by atoms with Gasteiger partial charge >= 0.3 is 0 Å². The van der Waals surface area contributed by atoms with Crippen LogP contribution in [0, 0.1) is 0 Å². The van der Waals surface area contributed by atoms with Crippen molar-refractivity contribution in [3.8, 4) is 0 Å². The molecular weight excluding hydrogens is 228 g/mol. The third kappa shape index (κ3) is 5.66. The molecule has 0 heterocycles. The summed E-state index contributed by atoms with van der Waals surface area (Å²) in [6, 6.07) is 0. The van der Waals surface area contributed by atoms with Crippen LogP contribution in [0.2, 0.25) is 18.1 Å². The number of aliphatic hydroxyl groups is 1. The van der Waals surface area contributed by atoms with Crippen LogP contribution in [-0.2, 0) is 4.43 Å². The Labute approximate surface area is 108 Å². The number of hydrogen-bond donors (Lipinski definition) is 1. The standard InChI is InChI=1S/C14H28O2Si/c1-8-9-10-11-13(15)12(2)16-17(6,7)14(3,4)5/h8-10,12-13,15H,1,11H2,2-7H3/b10-9+/t12-,13+/m1/s1. The minimum atomic E-state index is -1.78. The lowest BCUT2D eigenvalue weighted by atomic mass is 10.1. The summed E-state index contributed by atoms with van der Waals surface area (Å²) in [5.74, 6) is 0. The van der Waals surface area contributed by atoms with Crippen molar-refractivity contribution in [2.75, 3.05) is 0 Å². The van der Waals surface area contributed by atoms with Crippen molar-refractivity contribution >= 4 is 8.32 Å². The molecule has 2 nitrogen and oxygen atoms in total. The van der Waals surface area contributed by atoms with Crippen LogP contribution in [-0.4, -0.2) is 25.6 Å². The van der Waals surface area contributed by atoms with Crippen molar-refractivity contribution in [2.24, 2.45) is 0 Å². The van der Waals surface area contributed by atoms with E-state index in [2.05, 4.69) is 40.4 Å². The molecule has 0 radical (unpaired) electrons. The Morgan fingerprint density at radius 1 is 1.35 bits per heavy atom. The molecule has 0 aromatic carbocycles. The third-order valence-electron chi connectivity index (χ3n) is 3.48. The lowest BCUT2D eigenvalue weighted by Crippen LogP contribution is -2.46. The summed E-state index contributed by atoms with van der Waals surface area (Å²) in [4.78, 5) is 0. The fourth-order valence-corrected chi connectivity index (χ4v) is 2.67. The lowest BCUT2D eigenvalue weighted by Gasteiger charge is -2.39. The van der Waals surface area contributed by atoms with E-state index in [1.807, 2.05) is 19.1 Å². The maximum Gasteiger partial charge on any atom is 0.192 e. The highest BCUT2D eigenvalue weighted by atomic mass is 28.4. The van der Waals surface area contributed by atoms with Gasteiger partial charge in [0.2, 0.25) is 0 Å². The van der Waals surface area contributed by atoms with E-state index >= 15 is 0 Å². The minimum absolute atomic E-state index is 0.120. The van der Waals surface area contributed by atoms with Crippen LogP contribution in [0.25, 0.3) is 0 Å². The van der Waals surface area contributed by atoms with Crippen LogP contribution in [0.3, 0.4) is 0 Å². The van der Waals surface area contributed by atoms with Gasteiger partial charge in [-0.2, -0.15) is 0 Å². The summed E-state index contributed by atoms with van der Waals surface area (Å²) in [6.07, 6.45) is 5.53. The fourth-order valence-electron chi connectivity index (χ4n) is 1.23. The van der Waals surface area contributed by atoms with Gasteiger partial charge in [-0.25, -0.2) is 0 Å². The van der Waals surface area contributed by atoms with Gasteiger partial charge in [-0.15, -0.1) is 0 Å². The van der Waals surface area contributed by atoms with E-state index in [0.29, 0.717) is 6.42 Å². The van der Waals surface area contributed by atoms with Gasteiger partial charge in [-0.05, 0) is 31.5 Å². The van der Waals surface area contributed by atoms with Gasteiger partial charge in [-0.3, -0.25) is 0 Å². The number of aliphatic hydroxyl groups excluding tert-OH is 1. The van der Waals surface area contributed by atoms with E-state index < -0.39 is 14.4 Å². The largest absolute Gasteiger partial charge is 0.412 e. The Bertz CT molecular complexity index is 264. The van der Waals surface area contributed by atoms with Crippen LogP contribution in [0.4, 0.5) is 0 Å². The zero-order valence-electron chi connectivity index (χ0n) is 12.2. The molecule has 0 aliphatic heterocycles. The Balaban J connectivity index is 4.38. The zero-order chi connectivity index (χ0) is 13.7. The number of rotatable bonds is 6. The molecule has 17 heavy (non-hydrogen) atoms. The molecule has 0 spiro atoms. The molecule has 3 heteroatoms. The van der Waals surface area contributed by atoms with Crippen LogP contribution < -0.4 is 0 Å². The third-order valence-corrected chi connectivity index (χ3v) is 8.05. The van der Waals surface area contributed by atoms with Gasteiger partial charge < -0.3 is 9.53 Å². The van der Waals surface area contributed by atoms with Crippen LogP contribution in [0.1, 0.15) is 34.1 Å². The summed E-state index contributed by atoms with van der Waals surface area (Å²) >= 11 is 0. The smallest absolute Gasteiger partial charge is 0.192 e. The van der Waals surface area contributed by atoms with Crippen LogP contribution in [0.5, 0.6) is 0 Å². The first-order valence-electron chi connectivity index (χ1n) is 6.25. The Hall–Kier alpha value is -0.383. The van der Waals surface area contributed by atoms with Crippen molar-refractivity contribution in [1.29, 1.82) is 0 Å². The molecule has 0 saturated heterocycles. The summed E-state index contributed by atoms with van der Waals surface area (Å²) in [6.45, 7) is 16.6. The molecule has 0 unspecified atom stereocenters. The molecule has 1 N–H and O–H groups in total. The maximum absolute atomic E-state index is 9.99. The molecule has 0 aromatic rings. The average Bonchev–Trinajstić information content (AvgIpc) is 2.15. The van der Waals surface area contributed by atoms with Crippen molar-refractivity contribution in [3.63, 3.8) is 0 Å². The molecule has 0 aliphatic carbocycles. The molecule has 0 bridgehead atoms. The second-order valence-electron chi connectivity index (χ2n) is 6.05. The second-order valence-corrected chi connectivity index (χ2v) is 10.8. The Morgan fingerprint density at radius 2 is 1.88 bits per heavy atom. The number of hydrogen-bond acceptors (Lipinski definition) is 2. The van der Waals surface area contributed by atoms with Gasteiger partial charge in [0.1, 0.15) is 0 Å². The Morgan fingerprint density at radius 3 is 2.29 bits per heavy atom. The highest BCUT2D eigenvalue weighted by Gasteiger charge is 2.39. The molecule has 0 aliphatic rings. The summed E-state index contributed by atoms with van der Waals surface area (Å²) in [7, 11) is -1.78. The van der Waals surface area contributed by atoms with Gasteiger partial charge in [-0.1, -0.05) is 45.6 Å². The summed E-state index contributed by atoms with van der Waals surface area (Å²) < 4.78 is 6.12.